The van der Waals surface area contributed by atoms with Crippen LogP contribution in [0.3, 0.4) is 0 Å². The second-order valence-corrected chi connectivity index (χ2v) is 6.01. The van der Waals surface area contributed by atoms with Gasteiger partial charge in [-0.05, 0) is 19.8 Å². The monoisotopic (exact) mass is 438 g/mol. The SMILES string of the molecule is CN=C(NCc1nc(C)cs1)N1CCC(C(=O)OC)CC1.I. The normalized spacial score (nSPS) is 16.1. The van der Waals surface area contributed by atoms with Gasteiger partial charge in [0.1, 0.15) is 5.01 Å². The first-order chi connectivity index (χ1) is 10.1. The van der Waals surface area contributed by atoms with E-state index in [0.717, 1.165) is 42.6 Å². The molecule has 0 aromatic carbocycles. The van der Waals surface area contributed by atoms with Gasteiger partial charge in [0.05, 0.1) is 19.6 Å². The van der Waals surface area contributed by atoms with Gasteiger partial charge in [-0.2, -0.15) is 0 Å². The number of aryl methyl sites for hydroxylation is 1. The molecule has 1 aromatic heterocycles. The van der Waals surface area contributed by atoms with Gasteiger partial charge in [0.2, 0.25) is 0 Å². The number of rotatable bonds is 3. The van der Waals surface area contributed by atoms with E-state index in [1.165, 1.54) is 7.11 Å². The Hall–Kier alpha value is -0.900. The second-order valence-electron chi connectivity index (χ2n) is 5.07. The molecule has 0 atom stereocenters. The van der Waals surface area contributed by atoms with Crippen LogP contribution < -0.4 is 5.32 Å². The Bertz CT molecular complexity index is 513. The number of thiazole rings is 1. The fraction of sp³-hybridized carbons (Fsp3) is 0.643. The number of esters is 1. The van der Waals surface area contributed by atoms with E-state index in [9.17, 15) is 4.79 Å². The highest BCUT2D eigenvalue weighted by Crippen LogP contribution is 2.18. The van der Waals surface area contributed by atoms with Crippen LogP contribution in [0.15, 0.2) is 10.4 Å². The summed E-state index contributed by atoms with van der Waals surface area (Å²) in [6.07, 6.45) is 1.62. The summed E-state index contributed by atoms with van der Waals surface area (Å²) in [6.45, 7) is 4.31. The Kier molecular flexibility index (Phi) is 8.08. The van der Waals surface area contributed by atoms with Crippen molar-refractivity contribution >= 4 is 47.2 Å². The van der Waals surface area contributed by atoms with Gasteiger partial charge in [-0.15, -0.1) is 35.3 Å². The van der Waals surface area contributed by atoms with E-state index in [0.29, 0.717) is 6.54 Å². The number of likely N-dealkylation sites (tertiary alicyclic amines) is 1. The molecule has 0 radical (unpaired) electrons. The lowest BCUT2D eigenvalue weighted by molar-refractivity contribution is -0.146. The lowest BCUT2D eigenvalue weighted by atomic mass is 9.97. The van der Waals surface area contributed by atoms with E-state index >= 15 is 0 Å². The molecular weight excluding hydrogens is 415 g/mol. The Balaban J connectivity index is 0.00000242. The molecule has 0 aliphatic carbocycles. The molecule has 6 nitrogen and oxygen atoms in total. The number of aliphatic imine (C=N–C) groups is 1. The number of nitrogens with zero attached hydrogens (tertiary/aromatic N) is 3. The summed E-state index contributed by atoms with van der Waals surface area (Å²) in [6, 6.07) is 0. The standard InChI is InChI=1S/C14H22N4O2S.HI/c1-10-9-21-12(17-10)8-16-14(15-2)18-6-4-11(5-7-18)13(19)20-3;/h9,11H,4-8H2,1-3H3,(H,15,16);1H. The fourth-order valence-electron chi connectivity index (χ4n) is 2.46. The van der Waals surface area contributed by atoms with Crippen molar-refractivity contribution in [1.82, 2.24) is 15.2 Å². The van der Waals surface area contributed by atoms with E-state index < -0.39 is 0 Å². The van der Waals surface area contributed by atoms with Crippen LogP contribution in [0.4, 0.5) is 0 Å². The van der Waals surface area contributed by atoms with Gasteiger partial charge in [-0.1, -0.05) is 0 Å². The van der Waals surface area contributed by atoms with Crippen molar-refractivity contribution in [2.75, 3.05) is 27.2 Å². The van der Waals surface area contributed by atoms with E-state index in [1.807, 2.05) is 12.3 Å². The van der Waals surface area contributed by atoms with Gasteiger partial charge in [0, 0.05) is 31.2 Å². The first-order valence-corrected chi connectivity index (χ1v) is 7.96. The average Bonchev–Trinajstić information content (AvgIpc) is 2.93. The lowest BCUT2D eigenvalue weighted by Gasteiger charge is -2.33. The van der Waals surface area contributed by atoms with Gasteiger partial charge in [0.25, 0.3) is 0 Å². The summed E-state index contributed by atoms with van der Waals surface area (Å²) in [5.74, 6) is 0.785. The Morgan fingerprint density at radius 1 is 1.55 bits per heavy atom. The molecule has 1 fully saturated rings. The van der Waals surface area contributed by atoms with Gasteiger partial charge in [-0.25, -0.2) is 4.98 Å². The summed E-state index contributed by atoms with van der Waals surface area (Å²) in [4.78, 5) is 22.5. The molecule has 8 heteroatoms. The predicted octanol–water partition coefficient (Wildman–Crippen LogP) is 2.03. The van der Waals surface area contributed by atoms with Crippen LogP contribution in [0.2, 0.25) is 0 Å². The molecule has 2 rings (SSSR count). The number of hydrogen-bond donors (Lipinski definition) is 1. The molecule has 1 aliphatic rings. The van der Waals surface area contributed by atoms with Gasteiger partial charge in [0.15, 0.2) is 5.96 Å². The smallest absolute Gasteiger partial charge is 0.308 e. The molecular formula is C14H23IN4O2S. The number of halogens is 1. The van der Waals surface area contributed by atoms with Crippen molar-refractivity contribution in [3.05, 3.63) is 16.1 Å². The molecule has 1 N–H and O–H groups in total. The molecule has 0 saturated carbocycles. The van der Waals surface area contributed by atoms with Crippen molar-refractivity contribution in [1.29, 1.82) is 0 Å². The number of piperidine rings is 1. The topological polar surface area (TPSA) is 66.8 Å². The van der Waals surface area contributed by atoms with Gasteiger partial charge >= 0.3 is 5.97 Å². The molecule has 0 spiro atoms. The first kappa shape index (κ1) is 19.1. The lowest BCUT2D eigenvalue weighted by Crippen LogP contribution is -2.46. The molecule has 124 valence electrons. The minimum Gasteiger partial charge on any atom is -0.469 e. The number of aromatic nitrogens is 1. The minimum absolute atomic E-state index is 0. The molecule has 0 amide bonds. The maximum absolute atomic E-state index is 11.5. The summed E-state index contributed by atoms with van der Waals surface area (Å²) in [7, 11) is 3.23. The van der Waals surface area contributed by atoms with Crippen LogP contribution in [0, 0.1) is 12.8 Å². The summed E-state index contributed by atoms with van der Waals surface area (Å²) < 4.78 is 4.81. The van der Waals surface area contributed by atoms with E-state index in [1.54, 1.807) is 18.4 Å². The van der Waals surface area contributed by atoms with Crippen LogP contribution in [-0.2, 0) is 16.1 Å². The molecule has 1 aliphatic heterocycles. The van der Waals surface area contributed by atoms with Crippen LogP contribution >= 0.6 is 35.3 Å². The fourth-order valence-corrected chi connectivity index (χ4v) is 3.18. The number of guanidine groups is 1. The highest BCUT2D eigenvalue weighted by Gasteiger charge is 2.26. The number of nitrogens with one attached hydrogen (secondary N) is 1. The zero-order valence-electron chi connectivity index (χ0n) is 13.2. The maximum atomic E-state index is 11.5. The van der Waals surface area contributed by atoms with Crippen LogP contribution in [0.1, 0.15) is 23.5 Å². The number of hydrogen-bond acceptors (Lipinski definition) is 5. The van der Waals surface area contributed by atoms with E-state index in [2.05, 4.69) is 20.2 Å². The summed E-state index contributed by atoms with van der Waals surface area (Å²) in [5, 5.41) is 6.43. The molecule has 1 aromatic rings. The number of ether oxygens (including phenoxy) is 1. The maximum Gasteiger partial charge on any atom is 0.308 e. The molecule has 1 saturated heterocycles. The molecule has 0 unspecified atom stereocenters. The highest BCUT2D eigenvalue weighted by molar-refractivity contribution is 14.0. The van der Waals surface area contributed by atoms with Crippen molar-refractivity contribution in [2.24, 2.45) is 10.9 Å². The summed E-state index contributed by atoms with van der Waals surface area (Å²) in [5.41, 5.74) is 1.05. The average molecular weight is 438 g/mol. The van der Waals surface area contributed by atoms with Crippen LogP contribution in [0.25, 0.3) is 0 Å². The zero-order chi connectivity index (χ0) is 15.2. The number of carbonyl (C=O) groups excluding carboxylic acids is 1. The van der Waals surface area contributed by atoms with Crippen molar-refractivity contribution in [3.63, 3.8) is 0 Å². The quantitative estimate of drug-likeness (QED) is 0.339. The Morgan fingerprint density at radius 3 is 2.73 bits per heavy atom. The largest absolute Gasteiger partial charge is 0.469 e. The van der Waals surface area contributed by atoms with Crippen molar-refractivity contribution in [3.8, 4) is 0 Å². The third kappa shape index (κ3) is 5.08. The third-order valence-electron chi connectivity index (χ3n) is 3.61. The molecule has 22 heavy (non-hydrogen) atoms. The van der Waals surface area contributed by atoms with Gasteiger partial charge < -0.3 is 15.0 Å². The van der Waals surface area contributed by atoms with Gasteiger partial charge in [-0.3, -0.25) is 9.79 Å². The van der Waals surface area contributed by atoms with Crippen LogP contribution in [0.5, 0.6) is 0 Å². The number of methoxy groups -OCH3 is 1. The van der Waals surface area contributed by atoms with E-state index in [-0.39, 0.29) is 35.9 Å². The number of carbonyl (C=O) groups is 1. The molecule has 2 heterocycles. The minimum atomic E-state index is -0.101. The van der Waals surface area contributed by atoms with Crippen molar-refractivity contribution < 1.29 is 9.53 Å². The van der Waals surface area contributed by atoms with E-state index in [4.69, 9.17) is 4.74 Å². The zero-order valence-corrected chi connectivity index (χ0v) is 16.3. The van der Waals surface area contributed by atoms with Crippen molar-refractivity contribution in [2.45, 2.75) is 26.3 Å². The second kappa shape index (κ2) is 9.29. The van der Waals surface area contributed by atoms with Crippen LogP contribution in [-0.4, -0.2) is 49.1 Å². The highest BCUT2D eigenvalue weighted by atomic mass is 127. The summed E-state index contributed by atoms with van der Waals surface area (Å²) >= 11 is 1.65. The predicted molar refractivity (Wildman–Crippen MR) is 98.8 cm³/mol. The Labute approximate surface area is 152 Å². The molecule has 0 bridgehead atoms. The first-order valence-electron chi connectivity index (χ1n) is 7.08. The Morgan fingerprint density at radius 2 is 2.23 bits per heavy atom. The third-order valence-corrected chi connectivity index (χ3v) is 4.57.